The minimum Gasteiger partial charge on any atom is -0.205 e. The van der Waals surface area contributed by atoms with E-state index in [-0.39, 0.29) is 5.56 Å². The molecule has 0 aromatic heterocycles. The van der Waals surface area contributed by atoms with Crippen molar-refractivity contribution in [3.63, 3.8) is 0 Å². The van der Waals surface area contributed by atoms with E-state index in [2.05, 4.69) is 0 Å². The summed E-state index contributed by atoms with van der Waals surface area (Å²) in [6, 6.07) is 1.73. The zero-order chi connectivity index (χ0) is 13.0. The van der Waals surface area contributed by atoms with Gasteiger partial charge in [-0.1, -0.05) is 11.6 Å². The molecule has 1 aromatic rings. The Morgan fingerprint density at radius 2 is 1.76 bits per heavy atom. The first-order valence-corrected chi connectivity index (χ1v) is 5.70. The van der Waals surface area contributed by atoms with Gasteiger partial charge < -0.3 is 0 Å². The maximum atomic E-state index is 13.3. The van der Waals surface area contributed by atoms with Gasteiger partial charge in [-0.2, -0.15) is 13.2 Å². The molecular weight excluding hydrogens is 302 g/mol. The van der Waals surface area contributed by atoms with Crippen molar-refractivity contribution in [3.05, 3.63) is 34.1 Å². The summed E-state index contributed by atoms with van der Waals surface area (Å²) in [5.74, 6) is -1.61. The SMILES string of the molecule is Fc1cc(C2CC2(Cl)Cl)cc(C(F)(F)F)c1Cl. The summed E-state index contributed by atoms with van der Waals surface area (Å²) in [6.45, 7) is 0. The van der Waals surface area contributed by atoms with E-state index in [9.17, 15) is 17.6 Å². The van der Waals surface area contributed by atoms with Gasteiger partial charge >= 0.3 is 6.18 Å². The van der Waals surface area contributed by atoms with Gasteiger partial charge in [0, 0.05) is 5.92 Å². The Morgan fingerprint density at radius 3 is 2.18 bits per heavy atom. The van der Waals surface area contributed by atoms with E-state index in [1.54, 1.807) is 0 Å². The molecule has 94 valence electrons. The molecule has 0 N–H and O–H groups in total. The number of alkyl halides is 5. The van der Waals surface area contributed by atoms with Crippen molar-refractivity contribution in [3.8, 4) is 0 Å². The molecular formula is C10H5Cl3F4. The molecule has 0 saturated heterocycles. The lowest BCUT2D eigenvalue weighted by Gasteiger charge is -2.12. The lowest BCUT2D eigenvalue weighted by Crippen LogP contribution is -2.08. The number of rotatable bonds is 1. The van der Waals surface area contributed by atoms with Crippen LogP contribution in [0.15, 0.2) is 12.1 Å². The van der Waals surface area contributed by atoms with Crippen LogP contribution in [0.1, 0.15) is 23.5 Å². The first-order valence-electron chi connectivity index (χ1n) is 4.57. The third kappa shape index (κ3) is 2.49. The number of hydrogen-bond donors (Lipinski definition) is 0. The van der Waals surface area contributed by atoms with Gasteiger partial charge in [0.05, 0.1) is 10.6 Å². The van der Waals surface area contributed by atoms with Crippen LogP contribution in [-0.4, -0.2) is 4.33 Å². The average Bonchev–Trinajstić information content (AvgIpc) is 2.78. The highest BCUT2D eigenvalue weighted by Gasteiger charge is 2.53. The van der Waals surface area contributed by atoms with Crippen LogP contribution in [0.25, 0.3) is 0 Å². The van der Waals surface area contributed by atoms with Crippen molar-refractivity contribution in [1.82, 2.24) is 0 Å². The normalized spacial score (nSPS) is 22.6. The van der Waals surface area contributed by atoms with E-state index in [0.717, 1.165) is 12.1 Å². The first-order chi connectivity index (χ1) is 7.63. The molecule has 1 aromatic carbocycles. The minimum atomic E-state index is -4.70. The summed E-state index contributed by atoms with van der Waals surface area (Å²) >= 11 is 16.7. The Labute approximate surface area is 109 Å². The molecule has 0 radical (unpaired) electrons. The summed E-state index contributed by atoms with van der Waals surface area (Å²) in [5.41, 5.74) is -1.09. The third-order valence-corrected chi connectivity index (χ3v) is 3.80. The van der Waals surface area contributed by atoms with Gasteiger partial charge in [0.1, 0.15) is 10.2 Å². The fraction of sp³-hybridized carbons (Fsp3) is 0.400. The molecule has 2 rings (SSSR count). The van der Waals surface area contributed by atoms with E-state index < -0.39 is 32.8 Å². The summed E-state index contributed by atoms with van der Waals surface area (Å²) in [5, 5.41) is -0.934. The van der Waals surface area contributed by atoms with Crippen molar-refractivity contribution in [1.29, 1.82) is 0 Å². The standard InChI is InChI=1S/C10H5Cl3F4/c11-8-5(10(15,16)17)1-4(2-7(8)14)6-3-9(6,12)13/h1-2,6H,3H2. The number of halogens is 7. The topological polar surface area (TPSA) is 0 Å². The molecule has 7 heteroatoms. The molecule has 1 unspecified atom stereocenters. The largest absolute Gasteiger partial charge is 0.417 e. The maximum Gasteiger partial charge on any atom is 0.417 e. The van der Waals surface area contributed by atoms with Crippen LogP contribution in [0.4, 0.5) is 17.6 Å². The van der Waals surface area contributed by atoms with Gasteiger partial charge in [-0.25, -0.2) is 4.39 Å². The Balaban J connectivity index is 2.48. The molecule has 17 heavy (non-hydrogen) atoms. The Hall–Kier alpha value is -0.190. The summed E-state index contributed by atoms with van der Waals surface area (Å²) in [7, 11) is 0. The van der Waals surface area contributed by atoms with Crippen LogP contribution in [0, 0.1) is 5.82 Å². The van der Waals surface area contributed by atoms with E-state index in [0.29, 0.717) is 6.42 Å². The van der Waals surface area contributed by atoms with Gasteiger partial charge in [0.2, 0.25) is 0 Å². The van der Waals surface area contributed by atoms with Crippen LogP contribution in [-0.2, 0) is 6.18 Å². The predicted molar refractivity (Wildman–Crippen MR) is 58.2 cm³/mol. The molecule has 1 aliphatic carbocycles. The smallest absolute Gasteiger partial charge is 0.205 e. The Kier molecular flexibility index (Phi) is 3.04. The van der Waals surface area contributed by atoms with Crippen LogP contribution >= 0.6 is 34.8 Å². The van der Waals surface area contributed by atoms with Crippen LogP contribution in [0.2, 0.25) is 5.02 Å². The first kappa shape index (κ1) is 13.2. The predicted octanol–water partition coefficient (Wildman–Crippen LogP) is 5.16. The van der Waals surface area contributed by atoms with E-state index >= 15 is 0 Å². The molecule has 1 saturated carbocycles. The summed E-state index contributed by atoms with van der Waals surface area (Å²) in [6.07, 6.45) is -4.40. The van der Waals surface area contributed by atoms with Crippen molar-refractivity contribution < 1.29 is 17.6 Å². The lowest BCUT2D eigenvalue weighted by molar-refractivity contribution is -0.137. The van der Waals surface area contributed by atoms with Gasteiger partial charge in [-0.15, -0.1) is 23.2 Å². The van der Waals surface area contributed by atoms with E-state index in [4.69, 9.17) is 34.8 Å². The third-order valence-electron chi connectivity index (χ3n) is 2.58. The fourth-order valence-electron chi connectivity index (χ4n) is 1.59. The molecule has 1 aliphatic rings. The molecule has 1 atom stereocenters. The molecule has 0 aliphatic heterocycles. The van der Waals surface area contributed by atoms with Crippen LogP contribution < -0.4 is 0 Å². The summed E-state index contributed by atoms with van der Waals surface area (Å²) < 4.78 is 49.9. The second-order valence-corrected chi connectivity index (χ2v) is 5.80. The van der Waals surface area contributed by atoms with Crippen molar-refractivity contribution in [2.75, 3.05) is 0 Å². The molecule has 0 heterocycles. The van der Waals surface area contributed by atoms with E-state index in [1.165, 1.54) is 0 Å². The van der Waals surface area contributed by atoms with Gasteiger partial charge in [-0.05, 0) is 24.1 Å². The van der Waals surface area contributed by atoms with E-state index in [1.807, 2.05) is 0 Å². The molecule has 0 spiro atoms. The highest BCUT2D eigenvalue weighted by Crippen LogP contribution is 2.60. The van der Waals surface area contributed by atoms with Crippen LogP contribution in [0.5, 0.6) is 0 Å². The molecule has 0 bridgehead atoms. The number of hydrogen-bond acceptors (Lipinski definition) is 0. The summed E-state index contributed by atoms with van der Waals surface area (Å²) in [4.78, 5) is 0. The van der Waals surface area contributed by atoms with Crippen molar-refractivity contribution in [2.45, 2.75) is 22.8 Å². The highest BCUT2D eigenvalue weighted by atomic mass is 35.5. The zero-order valence-electron chi connectivity index (χ0n) is 8.08. The Bertz CT molecular complexity index is 467. The van der Waals surface area contributed by atoms with Crippen molar-refractivity contribution in [2.24, 2.45) is 0 Å². The van der Waals surface area contributed by atoms with Gasteiger partial charge in [0.25, 0.3) is 0 Å². The minimum absolute atomic E-state index is 0.115. The average molecular weight is 308 g/mol. The second kappa shape index (κ2) is 3.90. The molecule has 1 fully saturated rings. The second-order valence-electron chi connectivity index (χ2n) is 3.88. The quantitative estimate of drug-likeness (QED) is 0.496. The van der Waals surface area contributed by atoms with Gasteiger partial charge in [-0.3, -0.25) is 0 Å². The highest BCUT2D eigenvalue weighted by molar-refractivity contribution is 6.51. The molecule has 0 amide bonds. The van der Waals surface area contributed by atoms with Crippen LogP contribution in [0.3, 0.4) is 0 Å². The number of benzene rings is 1. The fourth-order valence-corrected chi connectivity index (χ4v) is 2.37. The molecule has 0 nitrogen and oxygen atoms in total. The zero-order valence-corrected chi connectivity index (χ0v) is 10.4. The monoisotopic (exact) mass is 306 g/mol. The van der Waals surface area contributed by atoms with Gasteiger partial charge in [0.15, 0.2) is 0 Å². The Morgan fingerprint density at radius 1 is 1.24 bits per heavy atom. The van der Waals surface area contributed by atoms with Crippen molar-refractivity contribution >= 4 is 34.8 Å². The maximum absolute atomic E-state index is 13.3. The lowest BCUT2D eigenvalue weighted by atomic mass is 10.1.